The Morgan fingerprint density at radius 3 is 2.71 bits per heavy atom. The predicted octanol–water partition coefficient (Wildman–Crippen LogP) is 1.28. The average molecular weight is 467 g/mol. The first-order chi connectivity index (χ1) is 16.5. The van der Waals surface area contributed by atoms with Crippen molar-refractivity contribution in [3.8, 4) is 11.8 Å². The van der Waals surface area contributed by atoms with Gasteiger partial charge < -0.3 is 10.2 Å². The Bertz CT molecular complexity index is 973. The molecule has 2 heterocycles. The fourth-order valence-corrected chi connectivity index (χ4v) is 5.23. The molecule has 2 aliphatic heterocycles. The molecular weight excluding hydrogens is 432 g/mol. The SMILES string of the molecule is CN(CCCNC1CC=CC2=C1C(=O)N(C1CCC(=O)NC1=O)C2=O)CCCC1CC#CCC1. The molecule has 1 fully saturated rings. The van der Waals surface area contributed by atoms with Crippen molar-refractivity contribution in [2.45, 2.75) is 69.9 Å². The van der Waals surface area contributed by atoms with Gasteiger partial charge in [-0.2, -0.15) is 0 Å². The third-order valence-electron chi connectivity index (χ3n) is 7.17. The third-order valence-corrected chi connectivity index (χ3v) is 7.17. The van der Waals surface area contributed by atoms with E-state index in [9.17, 15) is 19.2 Å². The minimum absolute atomic E-state index is 0.123. The molecule has 2 aliphatic carbocycles. The van der Waals surface area contributed by atoms with Crippen LogP contribution in [0.25, 0.3) is 0 Å². The van der Waals surface area contributed by atoms with E-state index >= 15 is 0 Å². The zero-order valence-corrected chi connectivity index (χ0v) is 19.9. The van der Waals surface area contributed by atoms with Gasteiger partial charge in [-0.1, -0.05) is 12.2 Å². The summed E-state index contributed by atoms with van der Waals surface area (Å²) in [7, 11) is 2.14. The summed E-state index contributed by atoms with van der Waals surface area (Å²) < 4.78 is 0. The number of carbonyl (C=O) groups is 4. The number of nitrogens with one attached hydrogen (secondary N) is 2. The van der Waals surface area contributed by atoms with Crippen molar-refractivity contribution in [2.24, 2.45) is 5.92 Å². The molecule has 2 N–H and O–H groups in total. The molecule has 0 aromatic carbocycles. The quantitative estimate of drug-likeness (QED) is 0.286. The summed E-state index contributed by atoms with van der Waals surface area (Å²) in [6.07, 6.45) is 11.2. The highest BCUT2D eigenvalue weighted by molar-refractivity contribution is 6.23. The number of piperidine rings is 1. The summed E-state index contributed by atoms with van der Waals surface area (Å²) in [6.45, 7) is 2.76. The molecule has 3 atom stereocenters. The highest BCUT2D eigenvalue weighted by atomic mass is 16.2. The van der Waals surface area contributed by atoms with Crippen molar-refractivity contribution in [3.63, 3.8) is 0 Å². The van der Waals surface area contributed by atoms with Crippen LogP contribution in [0.1, 0.15) is 57.8 Å². The zero-order chi connectivity index (χ0) is 24.1. The minimum Gasteiger partial charge on any atom is -0.309 e. The van der Waals surface area contributed by atoms with Crippen molar-refractivity contribution < 1.29 is 19.2 Å². The number of amides is 4. The molecule has 8 heteroatoms. The summed E-state index contributed by atoms with van der Waals surface area (Å²) in [5.74, 6) is 5.35. The number of rotatable bonds is 10. The van der Waals surface area contributed by atoms with Gasteiger partial charge in [-0.25, -0.2) is 0 Å². The molecule has 4 rings (SSSR count). The van der Waals surface area contributed by atoms with E-state index in [1.165, 1.54) is 19.3 Å². The highest BCUT2D eigenvalue weighted by Gasteiger charge is 2.47. The average Bonchev–Trinajstić information content (AvgIpc) is 3.08. The van der Waals surface area contributed by atoms with Crippen LogP contribution in [0.2, 0.25) is 0 Å². The van der Waals surface area contributed by atoms with E-state index in [4.69, 9.17) is 0 Å². The monoisotopic (exact) mass is 466 g/mol. The summed E-state index contributed by atoms with van der Waals surface area (Å²) >= 11 is 0. The van der Waals surface area contributed by atoms with Crippen LogP contribution in [0.15, 0.2) is 23.3 Å². The molecule has 34 heavy (non-hydrogen) atoms. The van der Waals surface area contributed by atoms with Crippen molar-refractivity contribution in [3.05, 3.63) is 23.3 Å². The lowest BCUT2D eigenvalue weighted by atomic mass is 9.92. The van der Waals surface area contributed by atoms with Crippen LogP contribution in [0, 0.1) is 17.8 Å². The van der Waals surface area contributed by atoms with Gasteiger partial charge in [-0.3, -0.25) is 29.4 Å². The van der Waals surface area contributed by atoms with Crippen LogP contribution < -0.4 is 10.6 Å². The van der Waals surface area contributed by atoms with Crippen molar-refractivity contribution in [2.75, 3.05) is 26.7 Å². The molecule has 0 aromatic rings. The topological polar surface area (TPSA) is 98.8 Å². The predicted molar refractivity (Wildman–Crippen MR) is 127 cm³/mol. The van der Waals surface area contributed by atoms with Gasteiger partial charge >= 0.3 is 0 Å². The Kier molecular flexibility index (Phi) is 7.96. The summed E-state index contributed by atoms with van der Waals surface area (Å²) in [5, 5.41) is 5.68. The van der Waals surface area contributed by atoms with Gasteiger partial charge in [0.2, 0.25) is 11.8 Å². The molecule has 4 amide bonds. The van der Waals surface area contributed by atoms with Crippen LogP contribution in [0.5, 0.6) is 0 Å². The molecule has 0 radical (unpaired) electrons. The normalized spacial score (nSPS) is 26.6. The van der Waals surface area contributed by atoms with E-state index in [0.29, 0.717) is 17.6 Å². The maximum absolute atomic E-state index is 13.2. The van der Waals surface area contributed by atoms with Crippen LogP contribution in [0.3, 0.4) is 0 Å². The Balaban J connectivity index is 1.23. The molecule has 0 aromatic heterocycles. The van der Waals surface area contributed by atoms with Crippen molar-refractivity contribution in [1.29, 1.82) is 0 Å². The Labute approximate surface area is 201 Å². The molecule has 3 unspecified atom stereocenters. The van der Waals surface area contributed by atoms with Gasteiger partial charge in [-0.15, -0.1) is 11.8 Å². The van der Waals surface area contributed by atoms with Crippen LogP contribution in [-0.2, 0) is 19.2 Å². The van der Waals surface area contributed by atoms with Crippen LogP contribution in [-0.4, -0.2) is 72.2 Å². The van der Waals surface area contributed by atoms with Gasteiger partial charge in [0.1, 0.15) is 6.04 Å². The number of carbonyl (C=O) groups excluding carboxylic acids is 4. The number of hydrogen-bond acceptors (Lipinski definition) is 6. The molecule has 4 aliphatic rings. The second-order valence-electron chi connectivity index (χ2n) is 9.68. The summed E-state index contributed by atoms with van der Waals surface area (Å²) in [6, 6.07) is -1.17. The lowest BCUT2D eigenvalue weighted by Crippen LogP contribution is -2.55. The second-order valence-corrected chi connectivity index (χ2v) is 9.68. The van der Waals surface area contributed by atoms with E-state index < -0.39 is 23.8 Å². The standard InChI is InChI=1S/C26H34N4O4/c1-29(16-6-10-18-8-3-2-4-9-18)17-7-15-27-20-12-5-11-19-23(20)26(34)30(25(19)33)21-13-14-22(31)28-24(21)32/h5,11,18,20-21,27H,3,6-10,12-17H2,1H3,(H,28,31,32). The van der Waals surface area contributed by atoms with Crippen molar-refractivity contribution >= 4 is 23.6 Å². The number of nitrogens with zero attached hydrogens (tertiary/aromatic N) is 2. The van der Waals surface area contributed by atoms with Gasteiger partial charge in [0.25, 0.3) is 11.8 Å². The smallest absolute Gasteiger partial charge is 0.262 e. The van der Waals surface area contributed by atoms with E-state index in [1.807, 2.05) is 6.08 Å². The van der Waals surface area contributed by atoms with Gasteiger partial charge in [0.15, 0.2) is 0 Å². The fraction of sp³-hybridized carbons (Fsp3) is 0.615. The second kappa shape index (κ2) is 11.1. The van der Waals surface area contributed by atoms with Gasteiger partial charge in [0.05, 0.1) is 5.57 Å². The van der Waals surface area contributed by atoms with Crippen molar-refractivity contribution in [1.82, 2.24) is 20.4 Å². The molecular formula is C26H34N4O4. The van der Waals surface area contributed by atoms with E-state index in [-0.39, 0.29) is 24.8 Å². The first kappa shape index (κ1) is 24.4. The number of imide groups is 2. The maximum Gasteiger partial charge on any atom is 0.262 e. The maximum atomic E-state index is 13.2. The first-order valence-corrected chi connectivity index (χ1v) is 12.5. The van der Waals surface area contributed by atoms with Gasteiger partial charge in [-0.05, 0) is 71.1 Å². The van der Waals surface area contributed by atoms with E-state index in [0.717, 1.165) is 49.7 Å². The van der Waals surface area contributed by atoms with Crippen LogP contribution >= 0.6 is 0 Å². The van der Waals surface area contributed by atoms with E-state index in [1.54, 1.807) is 6.08 Å². The highest BCUT2D eigenvalue weighted by Crippen LogP contribution is 2.32. The van der Waals surface area contributed by atoms with E-state index in [2.05, 4.69) is 34.4 Å². The first-order valence-electron chi connectivity index (χ1n) is 12.5. The Morgan fingerprint density at radius 2 is 1.94 bits per heavy atom. The minimum atomic E-state index is -0.924. The molecule has 0 saturated carbocycles. The lowest BCUT2D eigenvalue weighted by molar-refractivity contribution is -0.150. The molecule has 1 saturated heterocycles. The fourth-order valence-electron chi connectivity index (χ4n) is 5.23. The summed E-state index contributed by atoms with van der Waals surface area (Å²) in [4.78, 5) is 53.2. The zero-order valence-electron chi connectivity index (χ0n) is 19.9. The Morgan fingerprint density at radius 1 is 1.12 bits per heavy atom. The van der Waals surface area contributed by atoms with Gasteiger partial charge in [0, 0.05) is 30.9 Å². The molecule has 182 valence electrons. The molecule has 0 bridgehead atoms. The summed E-state index contributed by atoms with van der Waals surface area (Å²) in [5.41, 5.74) is 0.809. The largest absolute Gasteiger partial charge is 0.309 e. The molecule has 0 spiro atoms. The van der Waals surface area contributed by atoms with Crippen LogP contribution in [0.4, 0.5) is 0 Å². The molecule has 8 nitrogen and oxygen atoms in total. The number of hydrogen-bond donors (Lipinski definition) is 2. The lowest BCUT2D eigenvalue weighted by Gasteiger charge is -2.29. The Hall–Kier alpha value is -2.76. The third kappa shape index (κ3) is 5.48.